The molecule has 0 aliphatic rings. The number of nitrogens with two attached hydrogens (primary N) is 1. The van der Waals surface area contributed by atoms with Crippen molar-refractivity contribution in [1.82, 2.24) is 15.1 Å². The average molecular weight is 248 g/mol. The van der Waals surface area contributed by atoms with Crippen molar-refractivity contribution in [2.45, 2.75) is 18.9 Å². The van der Waals surface area contributed by atoms with E-state index in [0.29, 0.717) is 18.3 Å². The van der Waals surface area contributed by atoms with E-state index in [1.165, 1.54) is 0 Å². The van der Waals surface area contributed by atoms with Gasteiger partial charge in [-0.3, -0.25) is 4.98 Å². The molecule has 1 atom stereocenters. The van der Waals surface area contributed by atoms with Crippen molar-refractivity contribution >= 4 is 0 Å². The SMILES string of the molecule is COCCCC(N)c1nc(-c2cccnc2)no1. The Hall–Kier alpha value is -1.79. The van der Waals surface area contributed by atoms with E-state index >= 15 is 0 Å². The summed E-state index contributed by atoms with van der Waals surface area (Å²) in [6.45, 7) is 0.678. The molecule has 6 heteroatoms. The Bertz CT molecular complexity index is 472. The molecule has 1 unspecified atom stereocenters. The summed E-state index contributed by atoms with van der Waals surface area (Å²) in [5.41, 5.74) is 6.78. The summed E-state index contributed by atoms with van der Waals surface area (Å²) < 4.78 is 10.1. The molecule has 0 aliphatic carbocycles. The molecule has 2 heterocycles. The second kappa shape index (κ2) is 6.23. The lowest BCUT2D eigenvalue weighted by atomic mass is 10.2. The largest absolute Gasteiger partial charge is 0.385 e. The minimum atomic E-state index is -0.252. The normalized spacial score (nSPS) is 12.6. The molecule has 2 N–H and O–H groups in total. The second-order valence-electron chi connectivity index (χ2n) is 3.94. The first-order valence-electron chi connectivity index (χ1n) is 5.80. The van der Waals surface area contributed by atoms with Crippen LogP contribution < -0.4 is 5.73 Å². The van der Waals surface area contributed by atoms with E-state index in [0.717, 1.165) is 18.4 Å². The molecule has 96 valence electrons. The molecule has 0 amide bonds. The first-order chi connectivity index (χ1) is 8.81. The van der Waals surface area contributed by atoms with Crippen molar-refractivity contribution < 1.29 is 9.26 Å². The zero-order valence-corrected chi connectivity index (χ0v) is 10.2. The number of hydrogen-bond donors (Lipinski definition) is 1. The number of ether oxygens (including phenoxy) is 1. The number of pyridine rings is 1. The van der Waals surface area contributed by atoms with Gasteiger partial charge in [0.15, 0.2) is 0 Å². The fraction of sp³-hybridized carbons (Fsp3) is 0.417. The van der Waals surface area contributed by atoms with Crippen LogP contribution in [0.2, 0.25) is 0 Å². The van der Waals surface area contributed by atoms with E-state index in [1.807, 2.05) is 12.1 Å². The summed E-state index contributed by atoms with van der Waals surface area (Å²) in [4.78, 5) is 8.28. The molecule has 2 aromatic rings. The highest BCUT2D eigenvalue weighted by molar-refractivity contribution is 5.51. The molecule has 18 heavy (non-hydrogen) atoms. The Morgan fingerprint density at radius 2 is 2.39 bits per heavy atom. The monoisotopic (exact) mass is 248 g/mol. The zero-order chi connectivity index (χ0) is 12.8. The number of methoxy groups -OCH3 is 1. The maximum absolute atomic E-state index is 5.96. The predicted molar refractivity (Wildman–Crippen MR) is 65.6 cm³/mol. The van der Waals surface area contributed by atoms with E-state index in [9.17, 15) is 0 Å². The number of rotatable bonds is 6. The molecular formula is C12H16N4O2. The molecule has 0 bridgehead atoms. The highest BCUT2D eigenvalue weighted by Gasteiger charge is 2.15. The van der Waals surface area contributed by atoms with Crippen LogP contribution in [0.4, 0.5) is 0 Å². The van der Waals surface area contributed by atoms with Gasteiger partial charge in [-0.05, 0) is 25.0 Å². The van der Waals surface area contributed by atoms with Crippen LogP contribution in [0.15, 0.2) is 29.0 Å². The molecule has 6 nitrogen and oxygen atoms in total. The van der Waals surface area contributed by atoms with Gasteiger partial charge in [0.2, 0.25) is 11.7 Å². The van der Waals surface area contributed by atoms with E-state index in [-0.39, 0.29) is 6.04 Å². The topological polar surface area (TPSA) is 87.1 Å². The third-order valence-electron chi connectivity index (χ3n) is 2.54. The van der Waals surface area contributed by atoms with E-state index < -0.39 is 0 Å². The summed E-state index contributed by atoms with van der Waals surface area (Å²) in [5.74, 6) is 0.963. The quantitative estimate of drug-likeness (QED) is 0.780. The summed E-state index contributed by atoms with van der Waals surface area (Å²) in [6, 6.07) is 3.44. The van der Waals surface area contributed by atoms with E-state index in [2.05, 4.69) is 15.1 Å². The number of hydrogen-bond acceptors (Lipinski definition) is 6. The van der Waals surface area contributed by atoms with Crippen molar-refractivity contribution in [3.63, 3.8) is 0 Å². The molecule has 0 radical (unpaired) electrons. The molecule has 0 saturated carbocycles. The van der Waals surface area contributed by atoms with Gasteiger partial charge in [-0.1, -0.05) is 5.16 Å². The number of nitrogens with zero attached hydrogens (tertiary/aromatic N) is 3. The first kappa shape index (κ1) is 12.7. The predicted octanol–water partition coefficient (Wildman–Crippen LogP) is 1.56. The minimum Gasteiger partial charge on any atom is -0.385 e. The van der Waals surface area contributed by atoms with Crippen LogP contribution in [0.25, 0.3) is 11.4 Å². The van der Waals surface area contributed by atoms with Crippen molar-refractivity contribution in [2.75, 3.05) is 13.7 Å². The number of aromatic nitrogens is 3. The van der Waals surface area contributed by atoms with Gasteiger partial charge in [0.1, 0.15) is 0 Å². The maximum Gasteiger partial charge on any atom is 0.243 e. The van der Waals surface area contributed by atoms with Crippen molar-refractivity contribution in [1.29, 1.82) is 0 Å². The van der Waals surface area contributed by atoms with Gasteiger partial charge >= 0.3 is 0 Å². The van der Waals surface area contributed by atoms with Crippen LogP contribution in [-0.4, -0.2) is 28.8 Å². The fourth-order valence-corrected chi connectivity index (χ4v) is 1.57. The summed E-state index contributed by atoms with van der Waals surface area (Å²) in [7, 11) is 1.67. The van der Waals surface area contributed by atoms with Crippen LogP contribution in [0.3, 0.4) is 0 Å². The molecule has 0 saturated heterocycles. The molecule has 2 aromatic heterocycles. The van der Waals surface area contributed by atoms with Gasteiger partial charge in [0.05, 0.1) is 6.04 Å². The van der Waals surface area contributed by atoms with Gasteiger partial charge in [-0.15, -0.1) is 0 Å². The zero-order valence-electron chi connectivity index (χ0n) is 10.2. The summed E-state index contributed by atoms with van der Waals surface area (Å²) in [6.07, 6.45) is 5.00. The lowest BCUT2D eigenvalue weighted by Crippen LogP contribution is -2.11. The fourth-order valence-electron chi connectivity index (χ4n) is 1.57. The molecule has 0 fully saturated rings. The third-order valence-corrected chi connectivity index (χ3v) is 2.54. The minimum absolute atomic E-state index is 0.252. The molecule has 0 aliphatic heterocycles. The van der Waals surface area contributed by atoms with Crippen molar-refractivity contribution in [2.24, 2.45) is 5.73 Å². The van der Waals surface area contributed by atoms with Crippen LogP contribution in [0.5, 0.6) is 0 Å². The van der Waals surface area contributed by atoms with Gasteiger partial charge in [-0.2, -0.15) is 4.98 Å². The standard InChI is InChI=1S/C12H16N4O2/c1-17-7-3-5-10(13)12-15-11(16-18-12)9-4-2-6-14-8-9/h2,4,6,8,10H,3,5,7,13H2,1H3. The maximum atomic E-state index is 5.96. The van der Waals surface area contributed by atoms with E-state index in [1.54, 1.807) is 19.5 Å². The lowest BCUT2D eigenvalue weighted by Gasteiger charge is -2.04. The molecule has 0 spiro atoms. The highest BCUT2D eigenvalue weighted by Crippen LogP contribution is 2.18. The molecular weight excluding hydrogens is 232 g/mol. The Labute approximate surface area is 105 Å². The van der Waals surface area contributed by atoms with Crippen LogP contribution >= 0.6 is 0 Å². The Balaban J connectivity index is 2.02. The van der Waals surface area contributed by atoms with Crippen LogP contribution in [-0.2, 0) is 4.74 Å². The Kier molecular flexibility index (Phi) is 4.38. The Morgan fingerprint density at radius 3 is 3.11 bits per heavy atom. The Morgan fingerprint density at radius 1 is 1.50 bits per heavy atom. The van der Waals surface area contributed by atoms with Gasteiger partial charge < -0.3 is 15.0 Å². The second-order valence-corrected chi connectivity index (χ2v) is 3.94. The van der Waals surface area contributed by atoms with Crippen molar-refractivity contribution in [3.8, 4) is 11.4 Å². The van der Waals surface area contributed by atoms with Crippen molar-refractivity contribution in [3.05, 3.63) is 30.4 Å². The van der Waals surface area contributed by atoms with Gasteiger partial charge in [0.25, 0.3) is 0 Å². The van der Waals surface area contributed by atoms with Crippen LogP contribution in [0, 0.1) is 0 Å². The third kappa shape index (κ3) is 3.12. The molecule has 2 rings (SSSR count). The summed E-state index contributed by atoms with van der Waals surface area (Å²) >= 11 is 0. The first-order valence-corrected chi connectivity index (χ1v) is 5.80. The van der Waals surface area contributed by atoms with Crippen LogP contribution in [0.1, 0.15) is 24.8 Å². The van der Waals surface area contributed by atoms with Gasteiger partial charge in [-0.25, -0.2) is 0 Å². The van der Waals surface area contributed by atoms with Gasteiger partial charge in [0, 0.05) is 31.7 Å². The smallest absolute Gasteiger partial charge is 0.243 e. The van der Waals surface area contributed by atoms with E-state index in [4.69, 9.17) is 15.0 Å². The highest BCUT2D eigenvalue weighted by atomic mass is 16.5. The summed E-state index contributed by atoms with van der Waals surface area (Å²) in [5, 5.41) is 3.90. The lowest BCUT2D eigenvalue weighted by molar-refractivity contribution is 0.188. The average Bonchev–Trinajstić information content (AvgIpc) is 2.89. The molecule has 0 aromatic carbocycles.